The van der Waals surface area contributed by atoms with E-state index in [1.807, 2.05) is 53.6 Å². The van der Waals surface area contributed by atoms with Crippen molar-refractivity contribution in [2.45, 2.75) is 6.04 Å². The van der Waals surface area contributed by atoms with Crippen molar-refractivity contribution in [2.24, 2.45) is 0 Å². The van der Waals surface area contributed by atoms with Crippen LogP contribution >= 0.6 is 11.3 Å². The maximum absolute atomic E-state index is 5.26. The van der Waals surface area contributed by atoms with Gasteiger partial charge in [0.05, 0.1) is 25.0 Å². The van der Waals surface area contributed by atoms with E-state index < -0.39 is 0 Å². The maximum atomic E-state index is 5.26. The maximum Gasteiger partial charge on any atom is 0.129 e. The van der Waals surface area contributed by atoms with Crippen LogP contribution in [0.4, 0.5) is 0 Å². The van der Waals surface area contributed by atoms with Crippen molar-refractivity contribution in [2.75, 3.05) is 14.2 Å². The smallest absolute Gasteiger partial charge is 0.129 e. The van der Waals surface area contributed by atoms with E-state index in [1.165, 1.54) is 4.88 Å². The zero-order chi connectivity index (χ0) is 14.7. The number of rotatable bonds is 5. The Balaban J connectivity index is 1.90. The second kappa shape index (κ2) is 6.11. The van der Waals surface area contributed by atoms with Gasteiger partial charge in [-0.3, -0.25) is 0 Å². The molecule has 3 rings (SSSR count). The molecule has 5 heteroatoms. The number of benzene rings is 1. The summed E-state index contributed by atoms with van der Waals surface area (Å²) >= 11 is 1.68. The number of methoxy groups -OCH3 is 1. The first kappa shape index (κ1) is 13.9. The van der Waals surface area contributed by atoms with Gasteiger partial charge in [-0.05, 0) is 25.2 Å². The van der Waals surface area contributed by atoms with Crippen molar-refractivity contribution < 1.29 is 4.74 Å². The molecule has 2 aromatic heterocycles. The molecule has 4 nitrogen and oxygen atoms in total. The number of ether oxygens (including phenoxy) is 1. The fourth-order valence-corrected chi connectivity index (χ4v) is 3.26. The van der Waals surface area contributed by atoms with E-state index in [4.69, 9.17) is 4.74 Å². The van der Waals surface area contributed by atoms with Crippen LogP contribution in [0, 0.1) is 0 Å². The van der Waals surface area contributed by atoms with Crippen LogP contribution in [0.1, 0.15) is 16.5 Å². The van der Waals surface area contributed by atoms with Gasteiger partial charge in [0.25, 0.3) is 0 Å². The first-order valence-corrected chi connectivity index (χ1v) is 7.59. The molecule has 0 aliphatic carbocycles. The second-order valence-electron chi connectivity index (χ2n) is 4.66. The average molecular weight is 299 g/mol. The standard InChI is InChI=1S/C16H17N3OS/c1-17-16(15-8-14(20-2)11-21-15)12-9-18-19(10-12)13-6-4-3-5-7-13/h3-11,16-17H,1-2H3. The molecule has 0 bridgehead atoms. The highest BCUT2D eigenvalue weighted by atomic mass is 32.1. The summed E-state index contributed by atoms with van der Waals surface area (Å²) in [5, 5.41) is 9.81. The van der Waals surface area contributed by atoms with Gasteiger partial charge in [-0.25, -0.2) is 4.68 Å². The molecule has 1 unspecified atom stereocenters. The molecule has 0 saturated heterocycles. The molecule has 21 heavy (non-hydrogen) atoms. The molecule has 3 aromatic rings. The predicted octanol–water partition coefficient (Wildman–Crippen LogP) is 3.25. The topological polar surface area (TPSA) is 39.1 Å². The molecule has 0 aliphatic rings. The summed E-state index contributed by atoms with van der Waals surface area (Å²) in [6, 6.07) is 12.3. The lowest BCUT2D eigenvalue weighted by atomic mass is 10.1. The Hall–Kier alpha value is -2.11. The highest BCUT2D eigenvalue weighted by molar-refractivity contribution is 7.10. The van der Waals surface area contributed by atoms with Gasteiger partial charge < -0.3 is 10.1 Å². The number of aromatic nitrogens is 2. The predicted molar refractivity (Wildman–Crippen MR) is 85.3 cm³/mol. The number of nitrogens with zero attached hydrogens (tertiary/aromatic N) is 2. The minimum Gasteiger partial charge on any atom is -0.496 e. The number of hydrogen-bond donors (Lipinski definition) is 1. The minimum atomic E-state index is 0.122. The van der Waals surface area contributed by atoms with Gasteiger partial charge in [0.1, 0.15) is 5.75 Å². The van der Waals surface area contributed by atoms with Crippen molar-refractivity contribution in [3.63, 3.8) is 0 Å². The van der Waals surface area contributed by atoms with Crippen LogP contribution in [0.5, 0.6) is 5.75 Å². The van der Waals surface area contributed by atoms with Crippen LogP contribution in [0.25, 0.3) is 5.69 Å². The highest BCUT2D eigenvalue weighted by Gasteiger charge is 2.16. The zero-order valence-corrected chi connectivity index (χ0v) is 12.8. The molecule has 1 atom stereocenters. The summed E-state index contributed by atoms with van der Waals surface area (Å²) in [7, 11) is 3.64. The van der Waals surface area contributed by atoms with Crippen molar-refractivity contribution >= 4 is 11.3 Å². The Labute approximate surface area is 128 Å². The first-order valence-electron chi connectivity index (χ1n) is 6.71. The van der Waals surface area contributed by atoms with E-state index in [-0.39, 0.29) is 6.04 Å². The van der Waals surface area contributed by atoms with E-state index in [0.29, 0.717) is 0 Å². The van der Waals surface area contributed by atoms with E-state index >= 15 is 0 Å². The SMILES string of the molecule is CNC(c1cnn(-c2ccccc2)c1)c1cc(OC)cs1. The molecule has 1 N–H and O–H groups in total. The van der Waals surface area contributed by atoms with E-state index in [9.17, 15) is 0 Å². The van der Waals surface area contributed by atoms with Crippen molar-refractivity contribution in [1.29, 1.82) is 0 Å². The Kier molecular flexibility index (Phi) is 4.03. The Morgan fingerprint density at radius 2 is 2.10 bits per heavy atom. The fraction of sp³-hybridized carbons (Fsp3) is 0.188. The summed E-state index contributed by atoms with van der Waals surface area (Å²) in [5.41, 5.74) is 2.19. The molecule has 0 saturated carbocycles. The fourth-order valence-electron chi connectivity index (χ4n) is 2.27. The third-order valence-electron chi connectivity index (χ3n) is 3.36. The van der Waals surface area contributed by atoms with E-state index in [1.54, 1.807) is 18.4 Å². The van der Waals surface area contributed by atoms with Crippen LogP contribution in [0.15, 0.2) is 54.2 Å². The van der Waals surface area contributed by atoms with E-state index in [0.717, 1.165) is 17.0 Å². The lowest BCUT2D eigenvalue weighted by Crippen LogP contribution is -2.15. The molecule has 2 heterocycles. The molecule has 0 fully saturated rings. The van der Waals surface area contributed by atoms with Crippen LogP contribution in [-0.2, 0) is 0 Å². The Morgan fingerprint density at radius 1 is 1.29 bits per heavy atom. The highest BCUT2D eigenvalue weighted by Crippen LogP contribution is 2.30. The average Bonchev–Trinajstić information content (AvgIpc) is 3.19. The molecule has 0 radical (unpaired) electrons. The normalized spacial score (nSPS) is 12.3. The van der Waals surface area contributed by atoms with Crippen LogP contribution < -0.4 is 10.1 Å². The second-order valence-corrected chi connectivity index (χ2v) is 5.61. The summed E-state index contributed by atoms with van der Waals surface area (Å²) < 4.78 is 7.16. The van der Waals surface area contributed by atoms with E-state index in [2.05, 4.69) is 22.7 Å². The number of nitrogens with one attached hydrogen (secondary N) is 1. The van der Waals surface area contributed by atoms with Gasteiger partial charge in [-0.1, -0.05) is 18.2 Å². The number of thiophene rings is 1. The summed E-state index contributed by atoms with van der Waals surface area (Å²) in [6.45, 7) is 0. The molecule has 0 amide bonds. The van der Waals surface area contributed by atoms with Crippen molar-refractivity contribution in [3.05, 3.63) is 64.6 Å². The van der Waals surface area contributed by atoms with Gasteiger partial charge in [-0.15, -0.1) is 11.3 Å². The van der Waals surface area contributed by atoms with Gasteiger partial charge in [0, 0.05) is 22.0 Å². The molecule has 1 aromatic carbocycles. The monoisotopic (exact) mass is 299 g/mol. The molecule has 0 aliphatic heterocycles. The largest absolute Gasteiger partial charge is 0.496 e. The summed E-state index contributed by atoms with van der Waals surface area (Å²) in [6.07, 6.45) is 3.96. The van der Waals surface area contributed by atoms with Gasteiger partial charge in [0.2, 0.25) is 0 Å². The first-order chi connectivity index (χ1) is 10.3. The van der Waals surface area contributed by atoms with Gasteiger partial charge in [0.15, 0.2) is 0 Å². The van der Waals surface area contributed by atoms with Crippen molar-refractivity contribution in [1.82, 2.24) is 15.1 Å². The van der Waals surface area contributed by atoms with Gasteiger partial charge in [-0.2, -0.15) is 5.10 Å². The molecular formula is C16H17N3OS. The quantitative estimate of drug-likeness (QED) is 0.786. The lowest BCUT2D eigenvalue weighted by molar-refractivity contribution is 0.416. The summed E-state index contributed by atoms with van der Waals surface area (Å²) in [4.78, 5) is 1.21. The van der Waals surface area contributed by atoms with Crippen LogP contribution in [0.2, 0.25) is 0 Å². The number of para-hydroxylation sites is 1. The van der Waals surface area contributed by atoms with Crippen molar-refractivity contribution in [3.8, 4) is 11.4 Å². The number of hydrogen-bond acceptors (Lipinski definition) is 4. The molecule has 108 valence electrons. The Morgan fingerprint density at radius 3 is 2.76 bits per heavy atom. The zero-order valence-electron chi connectivity index (χ0n) is 12.0. The lowest BCUT2D eigenvalue weighted by Gasteiger charge is -2.11. The molecule has 0 spiro atoms. The summed E-state index contributed by atoms with van der Waals surface area (Å²) in [5.74, 6) is 0.894. The minimum absolute atomic E-state index is 0.122. The molecular weight excluding hydrogens is 282 g/mol. The van der Waals surface area contributed by atoms with Crippen LogP contribution in [-0.4, -0.2) is 23.9 Å². The van der Waals surface area contributed by atoms with Crippen LogP contribution in [0.3, 0.4) is 0 Å². The van der Waals surface area contributed by atoms with Gasteiger partial charge >= 0.3 is 0 Å². The third-order valence-corrected chi connectivity index (χ3v) is 4.34. The third kappa shape index (κ3) is 2.84. The Bertz CT molecular complexity index is 705.